The molecule has 0 atom stereocenters. The Bertz CT molecular complexity index is 510. The van der Waals surface area contributed by atoms with Crippen molar-refractivity contribution in [2.24, 2.45) is 0 Å². The van der Waals surface area contributed by atoms with Gasteiger partial charge in [0, 0.05) is 12.1 Å². The minimum absolute atomic E-state index is 0.158. The number of halogens is 1. The van der Waals surface area contributed by atoms with Crippen LogP contribution in [0.2, 0.25) is 0 Å². The van der Waals surface area contributed by atoms with Crippen molar-refractivity contribution in [2.75, 3.05) is 17.6 Å². The maximum absolute atomic E-state index is 13.3. The third kappa shape index (κ3) is 2.74. The second-order valence-corrected chi connectivity index (χ2v) is 4.56. The molecule has 0 unspecified atom stereocenters. The van der Waals surface area contributed by atoms with Crippen LogP contribution in [-0.2, 0) is 6.42 Å². The Hall–Kier alpha value is -1.62. The summed E-state index contributed by atoms with van der Waals surface area (Å²) < 4.78 is 17.4. The fourth-order valence-electron chi connectivity index (χ4n) is 1.52. The molecule has 0 saturated carbocycles. The van der Waals surface area contributed by atoms with Gasteiger partial charge in [-0.15, -0.1) is 0 Å². The number of benzene rings is 1. The lowest BCUT2D eigenvalue weighted by molar-refractivity contribution is 0.610. The Labute approximate surface area is 104 Å². The summed E-state index contributed by atoms with van der Waals surface area (Å²) in [4.78, 5) is 0. The molecule has 1 aromatic carbocycles. The molecule has 0 saturated heterocycles. The number of nitrogens with zero attached hydrogens (tertiary/aromatic N) is 1. The molecule has 90 valence electrons. The summed E-state index contributed by atoms with van der Waals surface area (Å²) in [7, 11) is 0. The van der Waals surface area contributed by atoms with E-state index in [2.05, 4.69) is 9.69 Å². The first-order chi connectivity index (χ1) is 8.18. The summed E-state index contributed by atoms with van der Waals surface area (Å²) in [6.07, 6.45) is 0.643. The van der Waals surface area contributed by atoms with Gasteiger partial charge in [-0.3, -0.25) is 0 Å². The predicted molar refractivity (Wildman–Crippen MR) is 69.9 cm³/mol. The number of hydrogen-bond acceptors (Lipinski definition) is 4. The highest BCUT2D eigenvalue weighted by atomic mass is 32.1. The second kappa shape index (κ2) is 5.14. The third-order valence-electron chi connectivity index (χ3n) is 2.60. The first-order valence-corrected chi connectivity index (χ1v) is 6.15. The van der Waals surface area contributed by atoms with Gasteiger partial charge in [0.2, 0.25) is 0 Å². The van der Waals surface area contributed by atoms with Gasteiger partial charge >= 0.3 is 0 Å². The Balaban J connectivity index is 1.92. The van der Waals surface area contributed by atoms with Crippen LogP contribution >= 0.6 is 11.5 Å². The van der Waals surface area contributed by atoms with Gasteiger partial charge in [-0.2, -0.15) is 4.37 Å². The van der Waals surface area contributed by atoms with Crippen molar-refractivity contribution in [3.63, 3.8) is 0 Å². The highest BCUT2D eigenvalue weighted by Crippen LogP contribution is 2.25. The van der Waals surface area contributed by atoms with Gasteiger partial charge in [-0.1, -0.05) is 18.2 Å². The van der Waals surface area contributed by atoms with Gasteiger partial charge in [0.05, 0.1) is 0 Å². The minimum atomic E-state index is -0.158. The SMILES string of the molecule is Cc1c(N)nsc1NCCc1ccccc1F. The molecular weight excluding hydrogens is 237 g/mol. The second-order valence-electron chi connectivity index (χ2n) is 3.79. The zero-order chi connectivity index (χ0) is 12.3. The maximum Gasteiger partial charge on any atom is 0.142 e. The number of aromatic nitrogens is 1. The van der Waals surface area contributed by atoms with E-state index in [9.17, 15) is 4.39 Å². The summed E-state index contributed by atoms with van der Waals surface area (Å²) in [5.74, 6) is 0.401. The smallest absolute Gasteiger partial charge is 0.142 e. The summed E-state index contributed by atoms with van der Waals surface area (Å²) >= 11 is 1.34. The molecule has 0 aliphatic heterocycles. The Morgan fingerprint density at radius 3 is 2.82 bits per heavy atom. The monoisotopic (exact) mass is 251 g/mol. The molecule has 0 spiro atoms. The van der Waals surface area contributed by atoms with Crippen molar-refractivity contribution >= 4 is 22.4 Å². The highest BCUT2D eigenvalue weighted by molar-refractivity contribution is 7.10. The molecule has 0 radical (unpaired) electrons. The van der Waals surface area contributed by atoms with Crippen LogP contribution in [0.15, 0.2) is 24.3 Å². The molecule has 2 aromatic rings. The number of nitrogens with one attached hydrogen (secondary N) is 1. The van der Waals surface area contributed by atoms with Crippen LogP contribution in [0.5, 0.6) is 0 Å². The molecule has 2 rings (SSSR count). The van der Waals surface area contributed by atoms with Crippen LogP contribution in [-0.4, -0.2) is 10.9 Å². The molecular formula is C12H14FN3S. The standard InChI is InChI=1S/C12H14FN3S/c1-8-11(14)16-17-12(8)15-7-6-9-4-2-3-5-10(9)13/h2-5,15H,6-7H2,1H3,(H2,14,16). The van der Waals surface area contributed by atoms with E-state index in [1.54, 1.807) is 12.1 Å². The molecule has 0 fully saturated rings. The lowest BCUT2D eigenvalue weighted by atomic mass is 10.1. The molecule has 1 heterocycles. The average molecular weight is 251 g/mol. The molecule has 0 aliphatic rings. The fourth-order valence-corrected chi connectivity index (χ4v) is 2.26. The predicted octanol–water partition coefficient (Wildman–Crippen LogP) is 2.83. The first-order valence-electron chi connectivity index (χ1n) is 5.37. The lowest BCUT2D eigenvalue weighted by Crippen LogP contribution is -2.05. The Kier molecular flexibility index (Phi) is 3.58. The quantitative estimate of drug-likeness (QED) is 0.878. The van der Waals surface area contributed by atoms with Crippen LogP contribution in [0.4, 0.5) is 15.2 Å². The summed E-state index contributed by atoms with van der Waals surface area (Å²) in [5.41, 5.74) is 7.33. The van der Waals surface area contributed by atoms with E-state index in [4.69, 9.17) is 5.73 Å². The van der Waals surface area contributed by atoms with E-state index in [0.29, 0.717) is 18.8 Å². The van der Waals surface area contributed by atoms with Crippen LogP contribution in [0, 0.1) is 12.7 Å². The van der Waals surface area contributed by atoms with Crippen molar-refractivity contribution in [1.82, 2.24) is 4.37 Å². The van der Waals surface area contributed by atoms with Crippen LogP contribution < -0.4 is 11.1 Å². The van der Waals surface area contributed by atoms with Crippen LogP contribution in [0.25, 0.3) is 0 Å². The van der Waals surface area contributed by atoms with Gasteiger partial charge in [0.25, 0.3) is 0 Å². The van der Waals surface area contributed by atoms with E-state index in [0.717, 1.165) is 16.1 Å². The van der Waals surface area contributed by atoms with Crippen molar-refractivity contribution in [3.8, 4) is 0 Å². The lowest BCUT2D eigenvalue weighted by Gasteiger charge is -2.05. The van der Waals surface area contributed by atoms with Gasteiger partial charge in [0.15, 0.2) is 0 Å². The van der Waals surface area contributed by atoms with E-state index < -0.39 is 0 Å². The zero-order valence-corrected chi connectivity index (χ0v) is 10.4. The Morgan fingerprint density at radius 2 is 2.18 bits per heavy atom. The largest absolute Gasteiger partial charge is 0.383 e. The van der Waals surface area contributed by atoms with Crippen molar-refractivity contribution in [3.05, 3.63) is 41.2 Å². The molecule has 0 amide bonds. The maximum atomic E-state index is 13.3. The number of rotatable bonds is 4. The average Bonchev–Trinajstić information content (AvgIpc) is 2.63. The van der Waals surface area contributed by atoms with Gasteiger partial charge in [0.1, 0.15) is 16.6 Å². The number of hydrogen-bond donors (Lipinski definition) is 2. The summed E-state index contributed by atoms with van der Waals surface area (Å²) in [6.45, 7) is 2.59. The Morgan fingerprint density at radius 1 is 1.41 bits per heavy atom. The molecule has 0 aliphatic carbocycles. The van der Waals surface area contributed by atoms with E-state index in [-0.39, 0.29) is 5.82 Å². The topological polar surface area (TPSA) is 50.9 Å². The van der Waals surface area contributed by atoms with E-state index in [1.807, 2.05) is 13.0 Å². The van der Waals surface area contributed by atoms with Gasteiger partial charge in [-0.05, 0) is 36.5 Å². The van der Waals surface area contributed by atoms with E-state index in [1.165, 1.54) is 17.6 Å². The van der Waals surface area contributed by atoms with Crippen LogP contribution in [0.3, 0.4) is 0 Å². The number of anilines is 2. The minimum Gasteiger partial charge on any atom is -0.383 e. The summed E-state index contributed by atoms with van der Waals surface area (Å²) in [5, 5.41) is 4.18. The molecule has 5 heteroatoms. The van der Waals surface area contributed by atoms with Gasteiger partial charge < -0.3 is 11.1 Å². The fraction of sp³-hybridized carbons (Fsp3) is 0.250. The summed E-state index contributed by atoms with van der Waals surface area (Å²) in [6, 6.07) is 6.81. The molecule has 3 N–H and O–H groups in total. The van der Waals surface area contributed by atoms with Crippen molar-refractivity contribution < 1.29 is 4.39 Å². The van der Waals surface area contributed by atoms with Crippen molar-refractivity contribution in [2.45, 2.75) is 13.3 Å². The first kappa shape index (κ1) is 11.9. The van der Waals surface area contributed by atoms with Crippen LogP contribution in [0.1, 0.15) is 11.1 Å². The zero-order valence-electron chi connectivity index (χ0n) is 9.53. The van der Waals surface area contributed by atoms with E-state index >= 15 is 0 Å². The molecule has 3 nitrogen and oxygen atoms in total. The molecule has 17 heavy (non-hydrogen) atoms. The third-order valence-corrected chi connectivity index (χ3v) is 3.52. The molecule has 1 aromatic heterocycles. The highest BCUT2D eigenvalue weighted by Gasteiger charge is 2.06. The number of nitrogen functional groups attached to an aromatic ring is 1. The van der Waals surface area contributed by atoms with Crippen molar-refractivity contribution in [1.29, 1.82) is 0 Å². The normalized spacial score (nSPS) is 10.5. The van der Waals surface area contributed by atoms with Gasteiger partial charge in [-0.25, -0.2) is 4.39 Å². The number of nitrogens with two attached hydrogens (primary N) is 1. The molecule has 0 bridgehead atoms.